The highest BCUT2D eigenvalue weighted by Gasteiger charge is 2.42. The zero-order valence-electron chi connectivity index (χ0n) is 20.6. The third-order valence-electron chi connectivity index (χ3n) is 5.67. The van der Waals surface area contributed by atoms with Gasteiger partial charge in [-0.05, 0) is 12.8 Å². The topological polar surface area (TPSA) is 262 Å². The van der Waals surface area contributed by atoms with Gasteiger partial charge in [-0.25, -0.2) is 14.8 Å². The van der Waals surface area contributed by atoms with Gasteiger partial charge in [0.25, 0.3) is 0 Å². The van der Waals surface area contributed by atoms with Gasteiger partial charge >= 0.3 is 23.9 Å². The fraction of sp³-hybridized carbons (Fsp3) is 0.545. The molecule has 2 fully saturated rings. The van der Waals surface area contributed by atoms with E-state index in [0.717, 1.165) is 25.0 Å². The molecule has 0 bridgehead atoms. The summed E-state index contributed by atoms with van der Waals surface area (Å²) in [5.74, 6) is -1.78. The number of amides is 2. The van der Waals surface area contributed by atoms with Gasteiger partial charge in [0.1, 0.15) is 12.1 Å². The number of carboxylic acid groups (broad SMARTS) is 3. The van der Waals surface area contributed by atoms with E-state index in [2.05, 4.69) is 30.6 Å². The minimum atomic E-state index is -1.01. The van der Waals surface area contributed by atoms with Crippen LogP contribution in [-0.2, 0) is 27.2 Å². The lowest BCUT2D eigenvalue weighted by Crippen LogP contribution is -2.36. The molecule has 2 unspecified atom stereocenters. The molecule has 38 heavy (non-hydrogen) atoms. The number of rotatable bonds is 11. The molecule has 0 saturated carbocycles. The van der Waals surface area contributed by atoms with Crippen LogP contribution >= 0.6 is 11.8 Å². The van der Waals surface area contributed by atoms with Crippen LogP contribution in [0.2, 0.25) is 0 Å². The highest BCUT2D eigenvalue weighted by Crippen LogP contribution is 2.33. The van der Waals surface area contributed by atoms with Crippen LogP contribution in [-0.4, -0.2) is 94.4 Å². The lowest BCUT2D eigenvalue weighted by atomic mass is 10.0. The van der Waals surface area contributed by atoms with E-state index >= 15 is 0 Å². The molecule has 2 aromatic heterocycles. The van der Waals surface area contributed by atoms with E-state index in [-0.39, 0.29) is 37.4 Å². The molecule has 0 radical (unpaired) electrons. The molecule has 210 valence electrons. The third kappa shape index (κ3) is 10.8. The second kappa shape index (κ2) is 15.6. The number of carboxylic acids is 3. The smallest absolute Gasteiger partial charge is 0.320 e. The summed E-state index contributed by atoms with van der Waals surface area (Å²) in [6.45, 7) is 0. The molecule has 4 heterocycles. The van der Waals surface area contributed by atoms with Gasteiger partial charge in [0.2, 0.25) is 0 Å². The molecule has 4 rings (SSSR count). The minimum Gasteiger partial charge on any atom is -0.481 e. The van der Waals surface area contributed by atoms with Crippen molar-refractivity contribution in [1.82, 2.24) is 30.6 Å². The Hall–Kier alpha value is -3.63. The lowest BCUT2D eigenvalue weighted by molar-refractivity contribution is -0.139. The second-order valence-electron chi connectivity index (χ2n) is 8.68. The van der Waals surface area contributed by atoms with Gasteiger partial charge in [-0.3, -0.25) is 14.4 Å². The van der Waals surface area contributed by atoms with Crippen LogP contribution < -0.4 is 22.1 Å². The van der Waals surface area contributed by atoms with Crippen molar-refractivity contribution in [1.29, 1.82) is 0 Å². The van der Waals surface area contributed by atoms with Crippen molar-refractivity contribution in [2.24, 2.45) is 11.5 Å². The number of urea groups is 1. The molecule has 2 saturated heterocycles. The van der Waals surface area contributed by atoms with Gasteiger partial charge in [0.15, 0.2) is 0 Å². The van der Waals surface area contributed by atoms with Crippen molar-refractivity contribution in [2.75, 3.05) is 5.75 Å². The van der Waals surface area contributed by atoms with Crippen molar-refractivity contribution in [3.63, 3.8) is 0 Å². The summed E-state index contributed by atoms with van der Waals surface area (Å²) in [7, 11) is 0. The first kappa shape index (κ1) is 30.6. The summed E-state index contributed by atoms with van der Waals surface area (Å²) >= 11 is 1.87. The van der Waals surface area contributed by atoms with Gasteiger partial charge in [-0.15, -0.1) is 0 Å². The predicted molar refractivity (Wildman–Crippen MR) is 137 cm³/mol. The summed E-state index contributed by atoms with van der Waals surface area (Å²) in [5, 5.41) is 31.6. The SMILES string of the molecule is NC(Cc1c[nH]cn1)C(=O)O.NC(Cc1c[nH]cn1)C(=O)O.O=C(O)CCCC[C@@H]1SC[C@@H]2NC(=O)N[C@@H]21. The number of aliphatic carboxylic acids is 3. The van der Waals surface area contributed by atoms with E-state index in [0.29, 0.717) is 16.6 Å². The van der Waals surface area contributed by atoms with E-state index in [1.54, 1.807) is 12.4 Å². The summed E-state index contributed by atoms with van der Waals surface area (Å²) in [6, 6.07) is -1.29. The number of nitrogens with one attached hydrogen (secondary N) is 4. The van der Waals surface area contributed by atoms with Gasteiger partial charge in [0, 0.05) is 42.7 Å². The molecule has 0 aliphatic carbocycles. The number of aromatic amines is 2. The standard InChI is InChI=1S/C10H16N2O3S.2C6H9N3O2/c13-8(14)4-2-1-3-7-9-6(5-16-7)11-10(15)12-9;2*7-5(6(10)11)1-4-2-8-3-9-4/h6-7,9H,1-5H2,(H,13,14)(H2,11,12,15);2*2-3,5H,1,7H2,(H,8,9)(H,10,11)/t6-,7-,9-;;/m0../s1. The molecule has 0 aromatic carbocycles. The zero-order valence-corrected chi connectivity index (χ0v) is 21.4. The van der Waals surface area contributed by atoms with E-state index in [4.69, 9.17) is 26.8 Å². The van der Waals surface area contributed by atoms with E-state index in [9.17, 15) is 19.2 Å². The number of H-pyrrole nitrogens is 2. The monoisotopic (exact) mass is 554 g/mol. The number of nitrogens with zero attached hydrogens (tertiary/aromatic N) is 2. The van der Waals surface area contributed by atoms with Crippen LogP contribution in [0.5, 0.6) is 0 Å². The summed E-state index contributed by atoms with van der Waals surface area (Å²) < 4.78 is 0. The molecule has 2 amide bonds. The molecular formula is C22H34N8O7S. The number of thioether (sulfide) groups is 1. The largest absolute Gasteiger partial charge is 0.481 e. The van der Waals surface area contributed by atoms with E-state index in [1.807, 2.05) is 11.8 Å². The van der Waals surface area contributed by atoms with Crippen LogP contribution in [0.25, 0.3) is 0 Å². The Kier molecular flexibility index (Phi) is 12.5. The van der Waals surface area contributed by atoms with E-state index < -0.39 is 30.0 Å². The Bertz CT molecular complexity index is 969. The van der Waals surface area contributed by atoms with Crippen LogP contribution in [0.4, 0.5) is 4.79 Å². The first-order chi connectivity index (χ1) is 18.1. The maximum absolute atomic E-state index is 11.1. The average molecular weight is 555 g/mol. The van der Waals surface area contributed by atoms with Gasteiger partial charge in [-0.1, -0.05) is 6.42 Å². The second-order valence-corrected chi connectivity index (χ2v) is 9.95. The Balaban J connectivity index is 0.000000206. The fourth-order valence-electron chi connectivity index (χ4n) is 3.70. The first-order valence-corrected chi connectivity index (χ1v) is 12.9. The third-order valence-corrected chi connectivity index (χ3v) is 7.18. The van der Waals surface area contributed by atoms with Gasteiger partial charge in [0.05, 0.1) is 36.1 Å². The number of fused-ring (bicyclic) bond motifs is 1. The number of hydrogen-bond donors (Lipinski definition) is 9. The van der Waals surface area contributed by atoms with Gasteiger partial charge in [-0.2, -0.15) is 11.8 Å². The average Bonchev–Trinajstić information content (AvgIpc) is 3.65. The summed E-state index contributed by atoms with van der Waals surface area (Å²) in [6.07, 6.45) is 9.64. The molecule has 2 aliphatic rings. The maximum atomic E-state index is 11.1. The van der Waals surface area contributed by atoms with Crippen molar-refractivity contribution >= 4 is 35.7 Å². The Labute approximate surface area is 222 Å². The van der Waals surface area contributed by atoms with Crippen LogP contribution in [0, 0.1) is 0 Å². The highest BCUT2D eigenvalue weighted by atomic mass is 32.2. The van der Waals surface area contributed by atoms with E-state index in [1.165, 1.54) is 12.7 Å². The minimum absolute atomic E-state index is 0.0640. The van der Waals surface area contributed by atoms with Crippen molar-refractivity contribution in [3.8, 4) is 0 Å². The number of carbonyl (C=O) groups is 4. The Morgan fingerprint density at radius 1 is 0.947 bits per heavy atom. The highest BCUT2D eigenvalue weighted by molar-refractivity contribution is 8.00. The predicted octanol–water partition coefficient (Wildman–Crippen LogP) is -0.475. The molecule has 2 aromatic rings. The van der Waals surface area contributed by atoms with Crippen LogP contribution in [0.1, 0.15) is 37.1 Å². The quantitative estimate of drug-likeness (QED) is 0.126. The van der Waals surface area contributed by atoms with Crippen LogP contribution in [0.15, 0.2) is 25.0 Å². The van der Waals surface area contributed by atoms with Crippen molar-refractivity contribution < 1.29 is 34.5 Å². The molecule has 16 heteroatoms. The van der Waals surface area contributed by atoms with Gasteiger partial charge < -0.3 is 47.4 Å². The number of hydrogen-bond acceptors (Lipinski definition) is 9. The number of imidazole rings is 2. The molecule has 0 spiro atoms. The van der Waals surface area contributed by atoms with Crippen LogP contribution in [0.3, 0.4) is 0 Å². The summed E-state index contributed by atoms with van der Waals surface area (Å²) in [4.78, 5) is 55.1. The Morgan fingerprint density at radius 2 is 1.50 bits per heavy atom. The lowest BCUT2D eigenvalue weighted by Gasteiger charge is -2.16. The normalized spacial score (nSPS) is 20.9. The molecule has 5 atom stereocenters. The summed E-state index contributed by atoms with van der Waals surface area (Å²) in [5.41, 5.74) is 11.8. The van der Waals surface area contributed by atoms with Crippen molar-refractivity contribution in [2.45, 2.75) is 67.9 Å². The fourth-order valence-corrected chi connectivity index (χ4v) is 5.24. The molecule has 15 nitrogen and oxygen atoms in total. The van der Waals surface area contributed by atoms with Crippen molar-refractivity contribution in [3.05, 3.63) is 36.4 Å². The molecule has 11 N–H and O–H groups in total. The zero-order chi connectivity index (χ0) is 28.1. The number of carbonyl (C=O) groups excluding carboxylic acids is 1. The molecule has 2 aliphatic heterocycles. The maximum Gasteiger partial charge on any atom is 0.320 e. The number of aromatic nitrogens is 4. The molecular weight excluding hydrogens is 520 g/mol. The first-order valence-electron chi connectivity index (χ1n) is 11.9. The Morgan fingerprint density at radius 3 is 1.95 bits per heavy atom. The number of unbranched alkanes of at least 4 members (excludes halogenated alkanes) is 1. The number of nitrogens with two attached hydrogens (primary N) is 2.